The van der Waals surface area contributed by atoms with Crippen molar-refractivity contribution in [2.24, 2.45) is 0 Å². The molecule has 0 N–H and O–H groups in total. The van der Waals surface area contributed by atoms with Gasteiger partial charge in [0.25, 0.3) is 0 Å². The summed E-state index contributed by atoms with van der Waals surface area (Å²) >= 11 is 4.01. The third-order valence-corrected chi connectivity index (χ3v) is 1.18. The molecule has 0 aliphatic carbocycles. The molecule has 0 radical (unpaired) electrons. The summed E-state index contributed by atoms with van der Waals surface area (Å²) in [6.45, 7) is 8.13. The molecule has 0 aliphatic rings. The molecule has 0 fully saturated rings. The van der Waals surface area contributed by atoms with Crippen LogP contribution < -0.4 is 0 Å². The molecule has 2 nitrogen and oxygen atoms in total. The lowest BCUT2D eigenvalue weighted by Gasteiger charge is -2.19. The van der Waals surface area contributed by atoms with Crippen molar-refractivity contribution in [2.75, 3.05) is 25.6 Å². The van der Waals surface area contributed by atoms with E-state index < -0.39 is 0 Å². The van der Waals surface area contributed by atoms with Crippen LogP contribution in [0.3, 0.4) is 0 Å². The normalized spacial score (nSPS) is 12.0. The average molecular weight is 178 g/mol. The van der Waals surface area contributed by atoms with E-state index in [0.29, 0.717) is 19.8 Å². The zero-order valence-corrected chi connectivity index (χ0v) is 8.49. The van der Waals surface area contributed by atoms with Gasteiger partial charge in [-0.3, -0.25) is 0 Å². The Morgan fingerprint density at radius 1 is 1.09 bits per heavy atom. The summed E-state index contributed by atoms with van der Waals surface area (Å²) < 4.78 is 10.6. The van der Waals surface area contributed by atoms with Gasteiger partial charge in [0.05, 0.1) is 25.4 Å². The second-order valence-corrected chi connectivity index (χ2v) is 3.74. The van der Waals surface area contributed by atoms with Gasteiger partial charge in [-0.2, -0.15) is 12.6 Å². The van der Waals surface area contributed by atoms with Crippen molar-refractivity contribution in [2.45, 2.75) is 26.4 Å². The van der Waals surface area contributed by atoms with Crippen LogP contribution in [0.5, 0.6) is 0 Å². The zero-order chi connectivity index (χ0) is 8.74. The third-order valence-electron chi connectivity index (χ3n) is 0.998. The van der Waals surface area contributed by atoms with Crippen LogP contribution in [-0.4, -0.2) is 31.2 Å². The maximum absolute atomic E-state index is 5.43. The Morgan fingerprint density at radius 3 is 2.18 bits per heavy atom. The van der Waals surface area contributed by atoms with Crippen LogP contribution in [0.25, 0.3) is 0 Å². The summed E-state index contributed by atoms with van der Waals surface area (Å²) in [4.78, 5) is 0. The van der Waals surface area contributed by atoms with Gasteiger partial charge in [0.2, 0.25) is 0 Å². The number of hydrogen-bond donors (Lipinski definition) is 1. The zero-order valence-electron chi connectivity index (χ0n) is 7.59. The maximum atomic E-state index is 5.43. The lowest BCUT2D eigenvalue weighted by Crippen LogP contribution is -2.22. The topological polar surface area (TPSA) is 18.5 Å². The predicted molar refractivity (Wildman–Crippen MR) is 50.4 cm³/mol. The Labute approximate surface area is 74.7 Å². The van der Waals surface area contributed by atoms with E-state index in [4.69, 9.17) is 9.47 Å². The first-order valence-corrected chi connectivity index (χ1v) is 4.52. The number of thiol groups is 1. The Hall–Kier alpha value is 0.270. The highest BCUT2D eigenvalue weighted by Crippen LogP contribution is 2.05. The minimum Gasteiger partial charge on any atom is -0.378 e. The molecular formula is C8H18O2S. The number of ether oxygens (including phenoxy) is 2. The smallest absolute Gasteiger partial charge is 0.0707 e. The first-order valence-electron chi connectivity index (χ1n) is 3.89. The maximum Gasteiger partial charge on any atom is 0.0707 e. The molecule has 0 unspecified atom stereocenters. The van der Waals surface area contributed by atoms with Gasteiger partial charge >= 0.3 is 0 Å². The fourth-order valence-electron chi connectivity index (χ4n) is 0.573. The second-order valence-electron chi connectivity index (χ2n) is 3.30. The lowest BCUT2D eigenvalue weighted by atomic mass is 10.2. The van der Waals surface area contributed by atoms with E-state index in [1.807, 2.05) is 20.8 Å². The van der Waals surface area contributed by atoms with Gasteiger partial charge in [-0.1, -0.05) is 0 Å². The van der Waals surface area contributed by atoms with Crippen LogP contribution in [0, 0.1) is 0 Å². The molecule has 0 spiro atoms. The molecule has 0 amide bonds. The molecule has 0 rings (SSSR count). The summed E-state index contributed by atoms with van der Waals surface area (Å²) in [6.07, 6.45) is 0. The van der Waals surface area contributed by atoms with E-state index in [-0.39, 0.29) is 5.60 Å². The number of rotatable bonds is 5. The molecule has 0 aromatic rings. The summed E-state index contributed by atoms with van der Waals surface area (Å²) in [5.41, 5.74) is -0.0513. The van der Waals surface area contributed by atoms with Crippen LogP contribution in [0.1, 0.15) is 20.8 Å². The monoisotopic (exact) mass is 178 g/mol. The van der Waals surface area contributed by atoms with Crippen LogP contribution in [0.4, 0.5) is 0 Å². The average Bonchev–Trinajstić information content (AvgIpc) is 1.85. The lowest BCUT2D eigenvalue weighted by molar-refractivity contribution is -0.0327. The van der Waals surface area contributed by atoms with Crippen molar-refractivity contribution in [3.63, 3.8) is 0 Å². The van der Waals surface area contributed by atoms with E-state index in [2.05, 4.69) is 12.6 Å². The van der Waals surface area contributed by atoms with Crippen molar-refractivity contribution >= 4 is 12.6 Å². The fraction of sp³-hybridized carbons (Fsp3) is 1.00. The van der Waals surface area contributed by atoms with E-state index in [1.54, 1.807) is 0 Å². The predicted octanol–water partition coefficient (Wildman–Crippen LogP) is 1.75. The summed E-state index contributed by atoms with van der Waals surface area (Å²) in [6, 6.07) is 0. The Morgan fingerprint density at radius 2 is 1.73 bits per heavy atom. The van der Waals surface area contributed by atoms with E-state index in [1.165, 1.54) is 0 Å². The highest BCUT2D eigenvalue weighted by atomic mass is 32.1. The van der Waals surface area contributed by atoms with E-state index >= 15 is 0 Å². The van der Waals surface area contributed by atoms with Crippen molar-refractivity contribution in [3.05, 3.63) is 0 Å². The molecule has 0 aliphatic heterocycles. The van der Waals surface area contributed by atoms with Crippen LogP contribution in [0.2, 0.25) is 0 Å². The van der Waals surface area contributed by atoms with E-state index in [9.17, 15) is 0 Å². The Bertz CT molecular complexity index is 88.6. The molecule has 0 bridgehead atoms. The molecule has 0 aromatic heterocycles. The molecule has 0 saturated heterocycles. The van der Waals surface area contributed by atoms with Crippen molar-refractivity contribution < 1.29 is 9.47 Å². The minimum atomic E-state index is -0.0513. The van der Waals surface area contributed by atoms with Gasteiger partial charge in [-0.05, 0) is 20.8 Å². The Kier molecular flexibility index (Phi) is 6.01. The largest absolute Gasteiger partial charge is 0.378 e. The summed E-state index contributed by atoms with van der Waals surface area (Å²) in [5.74, 6) is 0.773. The molecule has 68 valence electrons. The second kappa shape index (κ2) is 5.86. The highest BCUT2D eigenvalue weighted by molar-refractivity contribution is 7.80. The molecule has 0 atom stereocenters. The van der Waals surface area contributed by atoms with E-state index in [0.717, 1.165) is 5.75 Å². The van der Waals surface area contributed by atoms with Gasteiger partial charge in [0.15, 0.2) is 0 Å². The van der Waals surface area contributed by atoms with Crippen LogP contribution >= 0.6 is 12.6 Å². The first kappa shape index (κ1) is 11.3. The number of hydrogen-bond acceptors (Lipinski definition) is 3. The van der Waals surface area contributed by atoms with Crippen LogP contribution in [-0.2, 0) is 9.47 Å². The van der Waals surface area contributed by atoms with Crippen LogP contribution in [0.15, 0.2) is 0 Å². The molecule has 11 heavy (non-hydrogen) atoms. The highest BCUT2D eigenvalue weighted by Gasteiger charge is 2.08. The van der Waals surface area contributed by atoms with Gasteiger partial charge in [-0.15, -0.1) is 0 Å². The molecule has 3 heteroatoms. The molecule has 0 heterocycles. The standard InChI is InChI=1S/C8H18O2S/c1-8(2,3)10-5-4-9-6-7-11/h11H,4-7H2,1-3H3. The van der Waals surface area contributed by atoms with Gasteiger partial charge in [0, 0.05) is 5.75 Å². The Balaban J connectivity index is 3.02. The van der Waals surface area contributed by atoms with Crippen molar-refractivity contribution in [3.8, 4) is 0 Å². The van der Waals surface area contributed by atoms with Gasteiger partial charge in [-0.25, -0.2) is 0 Å². The third kappa shape index (κ3) is 10.3. The molecule has 0 aromatic carbocycles. The van der Waals surface area contributed by atoms with Gasteiger partial charge < -0.3 is 9.47 Å². The minimum absolute atomic E-state index is 0.0513. The molecule has 0 saturated carbocycles. The first-order chi connectivity index (χ1) is 5.06. The van der Waals surface area contributed by atoms with Crippen molar-refractivity contribution in [1.29, 1.82) is 0 Å². The van der Waals surface area contributed by atoms with Crippen molar-refractivity contribution in [1.82, 2.24) is 0 Å². The quantitative estimate of drug-likeness (QED) is 0.511. The summed E-state index contributed by atoms with van der Waals surface area (Å²) in [7, 11) is 0. The SMILES string of the molecule is CC(C)(C)OCCOCCS. The molecular weight excluding hydrogens is 160 g/mol. The fourth-order valence-corrected chi connectivity index (χ4v) is 0.702. The summed E-state index contributed by atoms with van der Waals surface area (Å²) in [5, 5.41) is 0. The van der Waals surface area contributed by atoms with Gasteiger partial charge in [0.1, 0.15) is 0 Å².